The summed E-state index contributed by atoms with van der Waals surface area (Å²) in [6.07, 6.45) is 1.21. The zero-order chi connectivity index (χ0) is 12.8. The van der Waals surface area contributed by atoms with Crippen molar-refractivity contribution in [1.82, 2.24) is 0 Å². The van der Waals surface area contributed by atoms with Gasteiger partial charge in [-0.2, -0.15) is 0 Å². The van der Waals surface area contributed by atoms with Crippen molar-refractivity contribution < 1.29 is 14.3 Å². The molecular weight excluding hydrogens is 218 g/mol. The predicted molar refractivity (Wildman–Crippen MR) is 64.4 cm³/mol. The molecule has 0 heterocycles. The molecule has 0 spiro atoms. The number of benzene rings is 1. The lowest BCUT2D eigenvalue weighted by Gasteiger charge is -2.04. The maximum absolute atomic E-state index is 10.8. The molecule has 0 bridgehead atoms. The zero-order valence-corrected chi connectivity index (χ0v) is 9.73. The molecule has 0 radical (unpaired) electrons. The second kappa shape index (κ2) is 5.84. The highest BCUT2D eigenvalue weighted by Gasteiger charge is 2.03. The Kier molecular flexibility index (Phi) is 4.46. The van der Waals surface area contributed by atoms with Gasteiger partial charge in [-0.25, -0.2) is 0 Å². The molecule has 2 N–H and O–H groups in total. The van der Waals surface area contributed by atoms with Crippen LogP contribution in [0.15, 0.2) is 36.4 Å². The van der Waals surface area contributed by atoms with Gasteiger partial charge in [0.1, 0.15) is 5.75 Å². The summed E-state index contributed by atoms with van der Waals surface area (Å²) in [5.74, 6) is -0.309. The Hall–Kier alpha value is -2.10. The molecule has 90 valence electrons. The molecule has 0 aromatic heterocycles. The van der Waals surface area contributed by atoms with Crippen molar-refractivity contribution in [3.8, 4) is 5.75 Å². The van der Waals surface area contributed by atoms with Crippen LogP contribution in [0.4, 0.5) is 0 Å². The Labute approximate surface area is 100 Å². The summed E-state index contributed by atoms with van der Waals surface area (Å²) in [7, 11) is 0. The first-order valence-electron chi connectivity index (χ1n) is 5.24. The summed E-state index contributed by atoms with van der Waals surface area (Å²) < 4.78 is 4.90. The van der Waals surface area contributed by atoms with Gasteiger partial charge in [-0.1, -0.05) is 18.7 Å². The molecule has 4 nitrogen and oxygen atoms in total. The topological polar surface area (TPSA) is 69.4 Å². The first-order chi connectivity index (χ1) is 7.99. The average Bonchev–Trinajstić information content (AvgIpc) is 2.26. The lowest BCUT2D eigenvalue weighted by atomic mass is 10.1. The molecule has 0 saturated heterocycles. The second-order valence-electron chi connectivity index (χ2n) is 3.71. The van der Waals surface area contributed by atoms with E-state index in [1.54, 1.807) is 12.1 Å². The molecule has 17 heavy (non-hydrogen) atoms. The Morgan fingerprint density at radius 3 is 2.35 bits per heavy atom. The molecule has 1 amide bonds. The number of esters is 1. The van der Waals surface area contributed by atoms with Crippen LogP contribution in [-0.4, -0.2) is 11.9 Å². The summed E-state index contributed by atoms with van der Waals surface area (Å²) in [5.41, 5.74) is 6.53. The van der Waals surface area contributed by atoms with E-state index in [2.05, 4.69) is 6.58 Å². The van der Waals surface area contributed by atoms with Gasteiger partial charge in [-0.15, -0.1) is 0 Å². The minimum Gasteiger partial charge on any atom is -0.427 e. The number of amides is 1. The second-order valence-corrected chi connectivity index (χ2v) is 3.71. The third-order valence-corrected chi connectivity index (χ3v) is 2.25. The van der Waals surface area contributed by atoms with Crippen LogP contribution in [0.25, 0.3) is 0 Å². The lowest BCUT2D eigenvalue weighted by Crippen LogP contribution is -2.13. The molecule has 0 atom stereocenters. The first-order valence-corrected chi connectivity index (χ1v) is 5.24. The van der Waals surface area contributed by atoms with Crippen LogP contribution < -0.4 is 10.5 Å². The van der Waals surface area contributed by atoms with E-state index in [9.17, 15) is 9.59 Å². The molecule has 1 rings (SSSR count). The number of primary amides is 1. The number of carbonyl (C=O) groups is 2. The highest BCUT2D eigenvalue weighted by atomic mass is 16.5. The summed E-state index contributed by atoms with van der Waals surface area (Å²) in [5, 5.41) is 0. The van der Waals surface area contributed by atoms with E-state index in [-0.39, 0.29) is 5.97 Å². The van der Waals surface area contributed by atoms with E-state index in [1.165, 1.54) is 6.92 Å². The SMILES string of the molecule is C=C(CCc1ccc(OC(C)=O)cc1)C(N)=O. The normalized spacial score (nSPS) is 9.71. The highest BCUT2D eigenvalue weighted by Crippen LogP contribution is 2.14. The smallest absolute Gasteiger partial charge is 0.308 e. The fourth-order valence-corrected chi connectivity index (χ4v) is 1.31. The van der Waals surface area contributed by atoms with E-state index in [0.717, 1.165) is 5.56 Å². The third-order valence-electron chi connectivity index (χ3n) is 2.25. The van der Waals surface area contributed by atoms with Crippen molar-refractivity contribution in [2.45, 2.75) is 19.8 Å². The van der Waals surface area contributed by atoms with E-state index in [0.29, 0.717) is 24.2 Å². The van der Waals surface area contributed by atoms with Crippen molar-refractivity contribution in [3.63, 3.8) is 0 Å². The van der Waals surface area contributed by atoms with Crippen LogP contribution in [0.1, 0.15) is 18.9 Å². The standard InChI is InChI=1S/C13H15NO3/c1-9(13(14)16)3-4-11-5-7-12(8-6-11)17-10(2)15/h5-8H,1,3-4H2,2H3,(H2,14,16). The quantitative estimate of drug-likeness (QED) is 0.477. The van der Waals surface area contributed by atoms with Gasteiger partial charge in [-0.3, -0.25) is 9.59 Å². The van der Waals surface area contributed by atoms with Gasteiger partial charge in [0.2, 0.25) is 5.91 Å². The van der Waals surface area contributed by atoms with Crippen LogP contribution >= 0.6 is 0 Å². The minimum absolute atomic E-state index is 0.347. The lowest BCUT2D eigenvalue weighted by molar-refractivity contribution is -0.131. The Bertz CT molecular complexity index is 434. The Morgan fingerprint density at radius 1 is 1.29 bits per heavy atom. The monoisotopic (exact) mass is 233 g/mol. The van der Waals surface area contributed by atoms with E-state index < -0.39 is 5.91 Å². The molecule has 0 unspecified atom stereocenters. The largest absolute Gasteiger partial charge is 0.427 e. The van der Waals surface area contributed by atoms with Crippen LogP contribution in [0.3, 0.4) is 0 Å². The van der Waals surface area contributed by atoms with Crippen LogP contribution in [0, 0.1) is 0 Å². The van der Waals surface area contributed by atoms with Crippen molar-refractivity contribution in [1.29, 1.82) is 0 Å². The molecule has 0 aliphatic rings. The fourth-order valence-electron chi connectivity index (χ4n) is 1.31. The Morgan fingerprint density at radius 2 is 1.88 bits per heavy atom. The summed E-state index contributed by atoms with van der Waals surface area (Å²) in [4.78, 5) is 21.5. The predicted octanol–water partition coefficient (Wildman–Crippen LogP) is 1.59. The molecule has 1 aromatic rings. The van der Waals surface area contributed by atoms with Gasteiger partial charge in [-0.05, 0) is 30.5 Å². The Balaban J connectivity index is 2.54. The maximum atomic E-state index is 10.8. The molecule has 1 aromatic carbocycles. The average molecular weight is 233 g/mol. The third kappa shape index (κ3) is 4.51. The van der Waals surface area contributed by atoms with Gasteiger partial charge in [0.25, 0.3) is 0 Å². The van der Waals surface area contributed by atoms with Crippen molar-refractivity contribution >= 4 is 11.9 Å². The molecule has 4 heteroatoms. The van der Waals surface area contributed by atoms with Gasteiger partial charge in [0.05, 0.1) is 0 Å². The number of nitrogens with two attached hydrogens (primary N) is 1. The van der Waals surface area contributed by atoms with Crippen molar-refractivity contribution in [3.05, 3.63) is 42.0 Å². The van der Waals surface area contributed by atoms with Gasteiger partial charge in [0, 0.05) is 12.5 Å². The highest BCUT2D eigenvalue weighted by molar-refractivity contribution is 5.91. The van der Waals surface area contributed by atoms with E-state index in [4.69, 9.17) is 10.5 Å². The van der Waals surface area contributed by atoms with Gasteiger partial charge in [0.15, 0.2) is 0 Å². The summed E-state index contributed by atoms with van der Waals surface area (Å²) in [6, 6.07) is 7.10. The molecule has 0 fully saturated rings. The van der Waals surface area contributed by atoms with Crippen LogP contribution in [0.2, 0.25) is 0 Å². The maximum Gasteiger partial charge on any atom is 0.308 e. The van der Waals surface area contributed by atoms with Gasteiger partial charge >= 0.3 is 5.97 Å². The van der Waals surface area contributed by atoms with E-state index in [1.807, 2.05) is 12.1 Å². The number of hydrogen-bond acceptors (Lipinski definition) is 3. The summed E-state index contributed by atoms with van der Waals surface area (Å²) in [6.45, 7) is 4.93. The zero-order valence-electron chi connectivity index (χ0n) is 9.73. The van der Waals surface area contributed by atoms with Crippen molar-refractivity contribution in [2.75, 3.05) is 0 Å². The molecule has 0 saturated carbocycles. The number of ether oxygens (including phenoxy) is 1. The number of rotatable bonds is 5. The molecule has 0 aliphatic carbocycles. The molecule has 0 aliphatic heterocycles. The summed E-state index contributed by atoms with van der Waals surface area (Å²) >= 11 is 0. The first kappa shape index (κ1) is 13.0. The van der Waals surface area contributed by atoms with Gasteiger partial charge < -0.3 is 10.5 Å². The molecular formula is C13H15NO3. The van der Waals surface area contributed by atoms with Crippen LogP contribution in [-0.2, 0) is 16.0 Å². The van der Waals surface area contributed by atoms with Crippen molar-refractivity contribution in [2.24, 2.45) is 5.73 Å². The fraction of sp³-hybridized carbons (Fsp3) is 0.231. The minimum atomic E-state index is -0.471. The van der Waals surface area contributed by atoms with E-state index >= 15 is 0 Å². The number of aryl methyl sites for hydroxylation is 1. The number of carbonyl (C=O) groups excluding carboxylic acids is 2. The number of hydrogen-bond donors (Lipinski definition) is 1. The van der Waals surface area contributed by atoms with Crippen LogP contribution in [0.5, 0.6) is 5.75 Å².